The van der Waals surface area contributed by atoms with Gasteiger partial charge in [0.05, 0.1) is 25.0 Å². The Morgan fingerprint density at radius 3 is 2.68 bits per heavy atom. The largest absolute Gasteiger partial charge is 0.487 e. The van der Waals surface area contributed by atoms with E-state index in [9.17, 15) is 18.0 Å². The number of carbonyl (C=O) groups is 1. The Labute approximate surface area is 175 Å². The van der Waals surface area contributed by atoms with Crippen molar-refractivity contribution in [2.45, 2.75) is 19.5 Å². The summed E-state index contributed by atoms with van der Waals surface area (Å²) in [5.41, 5.74) is 1.12. The molecule has 1 amide bonds. The van der Waals surface area contributed by atoms with Crippen LogP contribution in [0.15, 0.2) is 49.1 Å². The van der Waals surface area contributed by atoms with Gasteiger partial charge in [-0.2, -0.15) is 0 Å². The third-order valence-electron chi connectivity index (χ3n) is 4.62. The van der Waals surface area contributed by atoms with Gasteiger partial charge in [0, 0.05) is 30.2 Å². The third-order valence-corrected chi connectivity index (χ3v) is 4.62. The van der Waals surface area contributed by atoms with Gasteiger partial charge in [-0.1, -0.05) is 0 Å². The van der Waals surface area contributed by atoms with Gasteiger partial charge in [-0.15, -0.1) is 0 Å². The molecule has 7 nitrogen and oxygen atoms in total. The lowest BCUT2D eigenvalue weighted by Gasteiger charge is -2.40. The van der Waals surface area contributed by atoms with Crippen LogP contribution in [-0.4, -0.2) is 40.1 Å². The minimum absolute atomic E-state index is 0.0315. The zero-order valence-electron chi connectivity index (χ0n) is 16.4. The van der Waals surface area contributed by atoms with E-state index in [4.69, 9.17) is 4.74 Å². The van der Waals surface area contributed by atoms with E-state index >= 15 is 0 Å². The van der Waals surface area contributed by atoms with Crippen LogP contribution in [0.5, 0.6) is 5.75 Å². The van der Waals surface area contributed by atoms with Crippen molar-refractivity contribution >= 4 is 17.4 Å². The van der Waals surface area contributed by atoms with E-state index in [0.717, 1.165) is 23.8 Å². The maximum atomic E-state index is 13.6. The van der Waals surface area contributed by atoms with Crippen molar-refractivity contribution in [2.24, 2.45) is 0 Å². The fraction of sp³-hybridized carbons (Fsp3) is 0.238. The number of aromatic nitrogens is 3. The minimum Gasteiger partial charge on any atom is -0.487 e. The quantitative estimate of drug-likeness (QED) is 0.643. The monoisotopic (exact) mass is 429 g/mol. The number of benzene rings is 1. The lowest BCUT2D eigenvalue weighted by atomic mass is 10.1. The second-order valence-electron chi connectivity index (χ2n) is 7.10. The molecule has 1 N–H and O–H groups in total. The van der Waals surface area contributed by atoms with E-state index in [1.807, 2.05) is 6.92 Å². The van der Waals surface area contributed by atoms with Gasteiger partial charge in [-0.3, -0.25) is 9.78 Å². The predicted molar refractivity (Wildman–Crippen MR) is 107 cm³/mol. The topological polar surface area (TPSA) is 80.2 Å². The summed E-state index contributed by atoms with van der Waals surface area (Å²) >= 11 is 0. The summed E-state index contributed by atoms with van der Waals surface area (Å²) in [6.45, 7) is 2.54. The molecule has 0 aliphatic carbocycles. The zero-order valence-corrected chi connectivity index (χ0v) is 16.4. The number of ether oxygens (including phenoxy) is 1. The molecule has 2 aromatic heterocycles. The van der Waals surface area contributed by atoms with Crippen LogP contribution in [-0.2, 0) is 0 Å². The predicted octanol–water partition coefficient (Wildman–Crippen LogP) is 3.78. The summed E-state index contributed by atoms with van der Waals surface area (Å²) in [6, 6.07) is 4.74. The smallest absolute Gasteiger partial charge is 0.278 e. The zero-order chi connectivity index (χ0) is 22.0. The molecule has 1 aliphatic rings. The summed E-state index contributed by atoms with van der Waals surface area (Å²) in [4.78, 5) is 26.9. The number of rotatable bonds is 6. The summed E-state index contributed by atoms with van der Waals surface area (Å²) in [6.07, 6.45) is 2.93. The molecule has 1 aliphatic heterocycles. The van der Waals surface area contributed by atoms with Gasteiger partial charge in [-0.25, -0.2) is 23.1 Å². The van der Waals surface area contributed by atoms with E-state index < -0.39 is 23.7 Å². The van der Waals surface area contributed by atoms with E-state index in [1.165, 1.54) is 18.6 Å². The maximum Gasteiger partial charge on any atom is 0.278 e. The highest BCUT2D eigenvalue weighted by Gasteiger charge is 2.33. The van der Waals surface area contributed by atoms with Crippen LogP contribution in [0.25, 0.3) is 0 Å². The fourth-order valence-electron chi connectivity index (χ4n) is 3.19. The van der Waals surface area contributed by atoms with Crippen molar-refractivity contribution < 1.29 is 22.7 Å². The maximum absolute atomic E-state index is 13.6. The first-order chi connectivity index (χ1) is 14.9. The molecule has 0 bridgehead atoms. The van der Waals surface area contributed by atoms with Gasteiger partial charge >= 0.3 is 0 Å². The molecule has 4 rings (SSSR count). The van der Waals surface area contributed by atoms with Crippen molar-refractivity contribution in [1.29, 1.82) is 0 Å². The summed E-state index contributed by atoms with van der Waals surface area (Å²) in [5, 5.41) is 2.74. The fourth-order valence-corrected chi connectivity index (χ4v) is 3.19. The Balaban J connectivity index is 1.43. The number of pyridine rings is 1. The Bertz CT molecular complexity index is 1110. The normalized spacial score (nSPS) is 13.8. The number of nitrogens with zero attached hydrogens (tertiary/aromatic N) is 4. The number of amides is 1. The van der Waals surface area contributed by atoms with Crippen LogP contribution in [0.3, 0.4) is 0 Å². The average molecular weight is 429 g/mol. The van der Waals surface area contributed by atoms with Crippen molar-refractivity contribution in [1.82, 2.24) is 15.0 Å². The molecule has 3 aromatic rings. The van der Waals surface area contributed by atoms with Crippen LogP contribution < -0.4 is 15.0 Å². The van der Waals surface area contributed by atoms with Gasteiger partial charge in [0.25, 0.3) is 12.3 Å². The van der Waals surface area contributed by atoms with Crippen LogP contribution in [0.2, 0.25) is 0 Å². The van der Waals surface area contributed by atoms with E-state index in [1.54, 1.807) is 17.2 Å². The van der Waals surface area contributed by atoms with E-state index in [2.05, 4.69) is 20.3 Å². The number of nitrogens with one attached hydrogen (secondary N) is 1. The van der Waals surface area contributed by atoms with Gasteiger partial charge in [0.15, 0.2) is 11.5 Å². The van der Waals surface area contributed by atoms with Crippen LogP contribution in [0, 0.1) is 12.7 Å². The molecule has 160 valence electrons. The molecule has 0 saturated carbocycles. The summed E-state index contributed by atoms with van der Waals surface area (Å²) in [5.74, 6) is -0.828. The molecule has 0 radical (unpaired) electrons. The third kappa shape index (κ3) is 4.73. The number of alkyl halides is 2. The second kappa shape index (κ2) is 8.58. The lowest BCUT2D eigenvalue weighted by molar-refractivity contribution is 0.102. The minimum atomic E-state index is -2.79. The molecule has 1 aromatic carbocycles. The van der Waals surface area contributed by atoms with Gasteiger partial charge in [0.2, 0.25) is 0 Å². The highest BCUT2D eigenvalue weighted by molar-refractivity contribution is 6.06. The van der Waals surface area contributed by atoms with Crippen molar-refractivity contribution in [3.05, 3.63) is 71.7 Å². The molecule has 0 spiro atoms. The second-order valence-corrected chi connectivity index (χ2v) is 7.10. The van der Waals surface area contributed by atoms with Crippen molar-refractivity contribution in [3.63, 3.8) is 0 Å². The van der Waals surface area contributed by atoms with Crippen LogP contribution >= 0.6 is 0 Å². The average Bonchev–Trinajstić information content (AvgIpc) is 2.70. The van der Waals surface area contributed by atoms with Gasteiger partial charge in [-0.05, 0) is 30.7 Å². The summed E-state index contributed by atoms with van der Waals surface area (Å²) in [7, 11) is 0. The summed E-state index contributed by atoms with van der Waals surface area (Å²) < 4.78 is 44.9. The molecule has 31 heavy (non-hydrogen) atoms. The highest BCUT2D eigenvalue weighted by Crippen LogP contribution is 2.28. The van der Waals surface area contributed by atoms with Crippen LogP contribution in [0.4, 0.5) is 24.7 Å². The molecule has 1 saturated heterocycles. The van der Waals surface area contributed by atoms with Crippen LogP contribution in [0.1, 0.15) is 28.0 Å². The number of aryl methyl sites for hydroxylation is 1. The molecule has 0 atom stereocenters. The van der Waals surface area contributed by atoms with Gasteiger partial charge < -0.3 is 15.0 Å². The molecule has 0 unspecified atom stereocenters. The highest BCUT2D eigenvalue weighted by atomic mass is 19.3. The first-order valence-electron chi connectivity index (χ1n) is 9.43. The van der Waals surface area contributed by atoms with E-state index in [-0.39, 0.29) is 17.5 Å². The number of halogens is 3. The molecular weight excluding hydrogens is 411 g/mol. The van der Waals surface area contributed by atoms with Gasteiger partial charge in [0.1, 0.15) is 17.7 Å². The number of hydrogen-bond acceptors (Lipinski definition) is 6. The molecular formula is C21H18F3N5O2. The number of carbonyl (C=O) groups excluding carboxylic acids is 1. The van der Waals surface area contributed by atoms with Crippen molar-refractivity contribution in [3.8, 4) is 5.75 Å². The number of anilines is 2. The first kappa shape index (κ1) is 20.6. The molecule has 1 fully saturated rings. The van der Waals surface area contributed by atoms with Crippen molar-refractivity contribution in [2.75, 3.05) is 23.3 Å². The Kier molecular flexibility index (Phi) is 5.70. The Morgan fingerprint density at radius 1 is 1.16 bits per heavy atom. The standard InChI is InChI=1S/C21H18F3N5O2/c1-12-4-15(9-25-8-12)28-21(30)18-20(27-3-2-26-18)29-10-17(11-29)31-16-6-13(19(23)24)5-14(22)7-16/h2-9,17,19H,10-11H2,1H3,(H,28,30). The SMILES string of the molecule is Cc1cncc(NC(=O)c2nccnc2N2CC(Oc3cc(F)cc(C(F)F)c3)C2)c1. The van der Waals surface area contributed by atoms with E-state index in [0.29, 0.717) is 24.6 Å². The molecule has 10 heteroatoms. The number of hydrogen-bond donors (Lipinski definition) is 1. The lowest BCUT2D eigenvalue weighted by Crippen LogP contribution is -2.54. The first-order valence-corrected chi connectivity index (χ1v) is 9.43. The molecule has 3 heterocycles. The Hall–Kier alpha value is -3.69. The Morgan fingerprint density at radius 2 is 1.94 bits per heavy atom.